The van der Waals surface area contributed by atoms with E-state index in [-0.39, 0.29) is 11.8 Å². The van der Waals surface area contributed by atoms with Crippen LogP contribution in [0.2, 0.25) is 5.02 Å². The number of hydrogen-bond acceptors (Lipinski definition) is 3. The van der Waals surface area contributed by atoms with Crippen molar-refractivity contribution in [2.45, 2.75) is 12.5 Å². The highest BCUT2D eigenvalue weighted by Crippen LogP contribution is 2.20. The molecular weight excluding hydrogens is 274 g/mol. The van der Waals surface area contributed by atoms with Crippen molar-refractivity contribution < 1.29 is 9.63 Å². The maximum Gasteiger partial charge on any atom is 0.164 e. The molecule has 0 aliphatic rings. The van der Waals surface area contributed by atoms with Crippen molar-refractivity contribution >= 4 is 17.4 Å². The molecule has 0 fully saturated rings. The van der Waals surface area contributed by atoms with Gasteiger partial charge in [0.2, 0.25) is 0 Å². The third kappa shape index (κ3) is 3.90. The Labute approximate surface area is 123 Å². The second kappa shape index (κ2) is 7.20. The Balaban J connectivity index is 2.12. The van der Waals surface area contributed by atoms with Crippen LogP contribution in [-0.4, -0.2) is 12.9 Å². The molecule has 0 aromatic heterocycles. The molecule has 2 rings (SSSR count). The first-order valence-corrected chi connectivity index (χ1v) is 6.70. The molecule has 0 amide bonds. The number of hydroxylamine groups is 1. The molecule has 0 saturated heterocycles. The van der Waals surface area contributed by atoms with Crippen molar-refractivity contribution in [3.05, 3.63) is 70.7 Å². The highest BCUT2D eigenvalue weighted by Gasteiger charge is 2.16. The summed E-state index contributed by atoms with van der Waals surface area (Å²) in [7, 11) is 1.54. The Bertz CT molecular complexity index is 554. The molecule has 0 aliphatic carbocycles. The van der Waals surface area contributed by atoms with Crippen LogP contribution in [0.15, 0.2) is 54.6 Å². The summed E-state index contributed by atoms with van der Waals surface area (Å²) in [6.07, 6.45) is 0.319. The molecule has 1 atom stereocenters. The number of ketones is 1. The Hall–Kier alpha value is -1.68. The van der Waals surface area contributed by atoms with E-state index in [4.69, 9.17) is 16.4 Å². The van der Waals surface area contributed by atoms with Crippen LogP contribution < -0.4 is 5.48 Å². The van der Waals surface area contributed by atoms with Crippen LogP contribution in [0.5, 0.6) is 0 Å². The lowest BCUT2D eigenvalue weighted by molar-refractivity contribution is 0.0545. The Morgan fingerprint density at radius 3 is 2.40 bits per heavy atom. The average molecular weight is 290 g/mol. The molecule has 3 nitrogen and oxygen atoms in total. The summed E-state index contributed by atoms with van der Waals surface area (Å²) in [6.45, 7) is 0. The molecule has 0 aliphatic heterocycles. The summed E-state index contributed by atoms with van der Waals surface area (Å²) in [6, 6.07) is 16.5. The van der Waals surface area contributed by atoms with Crippen molar-refractivity contribution in [3.8, 4) is 0 Å². The second-order valence-electron chi connectivity index (χ2n) is 4.42. The molecule has 0 radical (unpaired) electrons. The molecule has 2 aromatic carbocycles. The van der Waals surface area contributed by atoms with Gasteiger partial charge in [0.15, 0.2) is 5.78 Å². The van der Waals surface area contributed by atoms with Gasteiger partial charge in [0, 0.05) is 17.0 Å². The lowest BCUT2D eigenvalue weighted by Crippen LogP contribution is -2.23. The van der Waals surface area contributed by atoms with Gasteiger partial charge < -0.3 is 4.84 Å². The van der Waals surface area contributed by atoms with E-state index in [2.05, 4.69) is 5.48 Å². The van der Waals surface area contributed by atoms with Crippen LogP contribution >= 0.6 is 11.6 Å². The highest BCUT2D eigenvalue weighted by molar-refractivity contribution is 6.30. The number of benzene rings is 2. The molecule has 2 aromatic rings. The minimum Gasteiger partial charge on any atom is -0.305 e. The van der Waals surface area contributed by atoms with Gasteiger partial charge in [-0.3, -0.25) is 4.79 Å². The number of rotatable bonds is 6. The second-order valence-corrected chi connectivity index (χ2v) is 4.86. The summed E-state index contributed by atoms with van der Waals surface area (Å²) in [5, 5.41) is 0.621. The smallest absolute Gasteiger partial charge is 0.164 e. The van der Waals surface area contributed by atoms with E-state index in [1.54, 1.807) is 31.4 Å². The highest BCUT2D eigenvalue weighted by atomic mass is 35.5. The SMILES string of the molecule is CONC(CC(=O)c1ccc(Cl)cc1)c1ccccc1. The number of hydrogen-bond donors (Lipinski definition) is 1. The molecule has 4 heteroatoms. The van der Waals surface area contributed by atoms with E-state index in [0.29, 0.717) is 17.0 Å². The van der Waals surface area contributed by atoms with Crippen molar-refractivity contribution in [2.75, 3.05) is 7.11 Å². The fourth-order valence-electron chi connectivity index (χ4n) is 1.99. The van der Waals surface area contributed by atoms with E-state index in [1.165, 1.54) is 0 Å². The molecule has 0 heterocycles. The fraction of sp³-hybridized carbons (Fsp3) is 0.188. The van der Waals surface area contributed by atoms with Gasteiger partial charge in [-0.15, -0.1) is 0 Å². The molecule has 104 valence electrons. The summed E-state index contributed by atoms with van der Waals surface area (Å²) in [4.78, 5) is 17.3. The quantitative estimate of drug-likeness (QED) is 0.649. The normalized spacial score (nSPS) is 12.1. The number of nitrogens with one attached hydrogen (secondary N) is 1. The van der Waals surface area contributed by atoms with Crippen LogP contribution in [-0.2, 0) is 4.84 Å². The third-order valence-corrected chi connectivity index (χ3v) is 3.27. The third-order valence-electron chi connectivity index (χ3n) is 3.02. The predicted molar refractivity (Wildman–Crippen MR) is 79.7 cm³/mol. The van der Waals surface area contributed by atoms with Gasteiger partial charge in [-0.25, -0.2) is 0 Å². The van der Waals surface area contributed by atoms with E-state index in [1.807, 2.05) is 30.3 Å². The first kappa shape index (κ1) is 14.7. The lowest BCUT2D eigenvalue weighted by Gasteiger charge is -2.17. The predicted octanol–water partition coefficient (Wildman–Crippen LogP) is 3.81. The topological polar surface area (TPSA) is 38.3 Å². The van der Waals surface area contributed by atoms with Gasteiger partial charge in [-0.2, -0.15) is 5.48 Å². The zero-order valence-corrected chi connectivity index (χ0v) is 11.9. The molecule has 20 heavy (non-hydrogen) atoms. The van der Waals surface area contributed by atoms with Crippen molar-refractivity contribution in [2.24, 2.45) is 0 Å². The van der Waals surface area contributed by atoms with Crippen molar-refractivity contribution in [1.29, 1.82) is 0 Å². The van der Waals surface area contributed by atoms with Gasteiger partial charge in [0.25, 0.3) is 0 Å². The number of carbonyl (C=O) groups excluding carboxylic acids is 1. The maximum atomic E-state index is 12.3. The van der Waals surface area contributed by atoms with Gasteiger partial charge in [0.1, 0.15) is 0 Å². The Morgan fingerprint density at radius 2 is 1.80 bits per heavy atom. The summed E-state index contributed by atoms with van der Waals surface area (Å²) in [5.74, 6) is 0.0417. The fourth-order valence-corrected chi connectivity index (χ4v) is 2.12. The molecule has 1 unspecified atom stereocenters. The van der Waals surface area contributed by atoms with E-state index < -0.39 is 0 Å². The molecule has 0 spiro atoms. The zero-order valence-electron chi connectivity index (χ0n) is 11.2. The van der Waals surface area contributed by atoms with Gasteiger partial charge in [0.05, 0.1) is 13.2 Å². The number of Topliss-reactive ketones (excluding diaryl/α,β-unsaturated/α-hetero) is 1. The maximum absolute atomic E-state index is 12.3. The van der Waals surface area contributed by atoms with Gasteiger partial charge in [-0.1, -0.05) is 41.9 Å². The van der Waals surface area contributed by atoms with Crippen LogP contribution in [0.1, 0.15) is 28.4 Å². The number of halogens is 1. The van der Waals surface area contributed by atoms with Gasteiger partial charge >= 0.3 is 0 Å². The van der Waals surface area contributed by atoms with E-state index >= 15 is 0 Å². The minimum atomic E-state index is -0.177. The lowest BCUT2D eigenvalue weighted by atomic mass is 9.98. The summed E-state index contributed by atoms with van der Waals surface area (Å²) < 4.78 is 0. The molecular formula is C16H16ClNO2. The van der Waals surface area contributed by atoms with E-state index in [0.717, 1.165) is 5.56 Å². The van der Waals surface area contributed by atoms with Crippen molar-refractivity contribution in [1.82, 2.24) is 5.48 Å². The van der Waals surface area contributed by atoms with Crippen LogP contribution in [0.4, 0.5) is 0 Å². The average Bonchev–Trinajstić information content (AvgIpc) is 2.48. The van der Waals surface area contributed by atoms with Crippen LogP contribution in [0.25, 0.3) is 0 Å². The number of carbonyl (C=O) groups is 1. The minimum absolute atomic E-state index is 0.0417. The van der Waals surface area contributed by atoms with E-state index in [9.17, 15) is 4.79 Å². The molecule has 0 bridgehead atoms. The first-order valence-electron chi connectivity index (χ1n) is 6.33. The molecule has 0 saturated carbocycles. The van der Waals surface area contributed by atoms with Gasteiger partial charge in [-0.05, 0) is 29.8 Å². The first-order chi connectivity index (χ1) is 9.70. The standard InChI is InChI=1S/C16H16ClNO2/c1-20-18-15(12-5-3-2-4-6-12)11-16(19)13-7-9-14(17)10-8-13/h2-10,15,18H,11H2,1H3. The summed E-state index contributed by atoms with van der Waals surface area (Å²) in [5.41, 5.74) is 4.52. The summed E-state index contributed by atoms with van der Waals surface area (Å²) >= 11 is 5.82. The largest absolute Gasteiger partial charge is 0.305 e. The Kier molecular flexibility index (Phi) is 5.30. The molecule has 1 N–H and O–H groups in total. The monoisotopic (exact) mass is 289 g/mol. The zero-order chi connectivity index (χ0) is 14.4. The Morgan fingerprint density at radius 1 is 1.15 bits per heavy atom. The van der Waals surface area contributed by atoms with Crippen molar-refractivity contribution in [3.63, 3.8) is 0 Å². The van der Waals surface area contributed by atoms with Crippen LogP contribution in [0.3, 0.4) is 0 Å². The van der Waals surface area contributed by atoms with Crippen LogP contribution in [0, 0.1) is 0 Å².